The molecule has 2 nitrogen and oxygen atoms in total. The summed E-state index contributed by atoms with van der Waals surface area (Å²) in [5, 5.41) is 18.4. The first-order valence-corrected chi connectivity index (χ1v) is 5.08. The molecule has 2 N–H and O–H groups in total. The highest BCUT2D eigenvalue weighted by atomic mass is 79.9. The van der Waals surface area contributed by atoms with Gasteiger partial charge in [-0.15, -0.1) is 0 Å². The first-order valence-electron chi connectivity index (χ1n) is 3.90. The molecule has 0 unspecified atom stereocenters. The van der Waals surface area contributed by atoms with Crippen molar-refractivity contribution in [1.29, 1.82) is 0 Å². The Morgan fingerprint density at radius 2 is 2.08 bits per heavy atom. The Hall–Kier alpha value is -0.0251. The fraction of sp³-hybridized carbons (Fsp3) is 0.250. The van der Waals surface area contributed by atoms with Gasteiger partial charge in [-0.1, -0.05) is 40.5 Å². The molecule has 0 radical (unpaired) electrons. The summed E-state index contributed by atoms with van der Waals surface area (Å²) in [6, 6.07) is 3.36. The Balaban J connectivity index is 3.27. The topological polar surface area (TPSA) is 40.5 Å². The van der Waals surface area contributed by atoms with Gasteiger partial charge in [0.15, 0.2) is 0 Å². The van der Waals surface area contributed by atoms with E-state index in [1.165, 1.54) is 0 Å². The van der Waals surface area contributed by atoms with Crippen LogP contribution in [0.4, 0.5) is 0 Å². The molecule has 5 heteroatoms. The van der Waals surface area contributed by atoms with Crippen molar-refractivity contribution in [3.05, 3.63) is 27.2 Å². The van der Waals surface area contributed by atoms with Crippen LogP contribution in [0, 0.1) is 0 Å². The quantitative estimate of drug-likeness (QED) is 0.791. The maximum Gasteiger partial charge on any atom is 0.489 e. The molecule has 0 heterocycles. The van der Waals surface area contributed by atoms with Crippen molar-refractivity contribution >= 4 is 40.1 Å². The van der Waals surface area contributed by atoms with Gasteiger partial charge in [0.1, 0.15) is 0 Å². The molecule has 0 aliphatic rings. The molecule has 1 rings (SSSR count). The van der Waals surface area contributed by atoms with Gasteiger partial charge in [-0.3, -0.25) is 0 Å². The molecule has 0 aromatic heterocycles. The van der Waals surface area contributed by atoms with Crippen LogP contribution in [0.15, 0.2) is 16.6 Å². The fourth-order valence-electron chi connectivity index (χ4n) is 1.14. The first-order chi connectivity index (χ1) is 6.07. The van der Waals surface area contributed by atoms with E-state index in [-0.39, 0.29) is 0 Å². The van der Waals surface area contributed by atoms with Crippen LogP contribution >= 0.6 is 27.5 Å². The van der Waals surface area contributed by atoms with Gasteiger partial charge in [0.05, 0.1) is 0 Å². The zero-order chi connectivity index (χ0) is 10.0. The van der Waals surface area contributed by atoms with Crippen LogP contribution in [0.3, 0.4) is 0 Å². The van der Waals surface area contributed by atoms with Gasteiger partial charge in [0.25, 0.3) is 0 Å². The second-order valence-corrected chi connectivity index (χ2v) is 3.89. The van der Waals surface area contributed by atoms with Crippen molar-refractivity contribution < 1.29 is 10.0 Å². The van der Waals surface area contributed by atoms with Crippen LogP contribution in [-0.4, -0.2) is 17.2 Å². The van der Waals surface area contributed by atoms with Crippen LogP contribution in [-0.2, 0) is 6.42 Å². The standard InChI is InChI=1S/C8H9BBrClO2/c1-2-5-7(10)4-3-6(8(5)11)9(12)13/h3-4,12-13H,2H2,1H3. The molecular weight excluding hydrogens is 254 g/mol. The number of rotatable bonds is 2. The van der Waals surface area contributed by atoms with Gasteiger partial charge in [-0.25, -0.2) is 0 Å². The molecule has 1 aromatic rings. The highest BCUT2D eigenvalue weighted by Crippen LogP contribution is 2.23. The van der Waals surface area contributed by atoms with Crippen molar-refractivity contribution in [2.45, 2.75) is 13.3 Å². The smallest absolute Gasteiger partial charge is 0.423 e. The summed E-state index contributed by atoms with van der Waals surface area (Å²) in [6.45, 7) is 1.96. The molecular formula is C8H9BBrClO2. The third-order valence-corrected chi connectivity index (χ3v) is 3.04. The predicted molar refractivity (Wildman–Crippen MR) is 58.4 cm³/mol. The van der Waals surface area contributed by atoms with Crippen molar-refractivity contribution in [3.63, 3.8) is 0 Å². The van der Waals surface area contributed by atoms with E-state index < -0.39 is 7.12 Å². The van der Waals surface area contributed by atoms with Gasteiger partial charge in [-0.05, 0) is 18.1 Å². The molecule has 13 heavy (non-hydrogen) atoms. The molecule has 0 saturated carbocycles. The van der Waals surface area contributed by atoms with E-state index in [2.05, 4.69) is 15.9 Å². The minimum absolute atomic E-state index is 0.349. The van der Waals surface area contributed by atoms with Crippen LogP contribution in [0.1, 0.15) is 12.5 Å². The maximum absolute atomic E-state index is 8.97. The third-order valence-electron chi connectivity index (χ3n) is 1.85. The highest BCUT2D eigenvalue weighted by Gasteiger charge is 2.18. The van der Waals surface area contributed by atoms with E-state index in [9.17, 15) is 0 Å². The summed E-state index contributed by atoms with van der Waals surface area (Å²) in [7, 11) is -1.51. The average Bonchev–Trinajstić information content (AvgIpc) is 2.04. The fourth-order valence-corrected chi connectivity index (χ4v) is 2.26. The summed E-state index contributed by atoms with van der Waals surface area (Å²) in [4.78, 5) is 0. The van der Waals surface area contributed by atoms with Crippen molar-refractivity contribution in [2.75, 3.05) is 0 Å². The van der Waals surface area contributed by atoms with Crippen molar-refractivity contribution in [1.82, 2.24) is 0 Å². The van der Waals surface area contributed by atoms with E-state index in [0.717, 1.165) is 16.5 Å². The zero-order valence-electron chi connectivity index (χ0n) is 7.09. The molecule has 0 aliphatic heterocycles. The van der Waals surface area contributed by atoms with Crippen molar-refractivity contribution in [2.24, 2.45) is 0 Å². The van der Waals surface area contributed by atoms with Crippen molar-refractivity contribution in [3.8, 4) is 0 Å². The molecule has 0 amide bonds. The Morgan fingerprint density at radius 3 is 2.54 bits per heavy atom. The predicted octanol–water partition coefficient (Wildman–Crippen LogP) is 1.34. The maximum atomic E-state index is 8.97. The minimum Gasteiger partial charge on any atom is -0.423 e. The lowest BCUT2D eigenvalue weighted by atomic mass is 9.79. The number of hydrogen-bond donors (Lipinski definition) is 2. The normalized spacial score (nSPS) is 10.2. The van der Waals surface area contributed by atoms with E-state index in [1.807, 2.05) is 6.92 Å². The molecule has 0 saturated heterocycles. The summed E-state index contributed by atoms with van der Waals surface area (Å²) in [6.07, 6.45) is 0.750. The summed E-state index contributed by atoms with van der Waals surface area (Å²) in [5.41, 5.74) is 1.24. The van der Waals surface area contributed by atoms with Gasteiger partial charge in [0, 0.05) is 15.0 Å². The van der Waals surface area contributed by atoms with Gasteiger partial charge >= 0.3 is 7.12 Å². The van der Waals surface area contributed by atoms with Crippen LogP contribution in [0.2, 0.25) is 5.02 Å². The molecule has 0 bridgehead atoms. The Bertz CT molecular complexity index is 317. The molecule has 1 aromatic carbocycles. The lowest BCUT2D eigenvalue weighted by Crippen LogP contribution is -2.31. The summed E-state index contributed by atoms with van der Waals surface area (Å²) in [5.74, 6) is 0. The second-order valence-electron chi connectivity index (χ2n) is 2.66. The van der Waals surface area contributed by atoms with E-state index in [4.69, 9.17) is 21.6 Å². The van der Waals surface area contributed by atoms with Gasteiger partial charge in [0.2, 0.25) is 0 Å². The Kier molecular flexibility index (Phi) is 3.80. The molecule has 0 atom stereocenters. The Labute approximate surface area is 90.8 Å². The minimum atomic E-state index is -1.51. The zero-order valence-corrected chi connectivity index (χ0v) is 9.43. The molecule has 0 fully saturated rings. The number of hydrogen-bond acceptors (Lipinski definition) is 2. The van der Waals surface area contributed by atoms with Crippen LogP contribution in [0.25, 0.3) is 0 Å². The monoisotopic (exact) mass is 262 g/mol. The molecule has 0 spiro atoms. The van der Waals surface area contributed by atoms with E-state index >= 15 is 0 Å². The number of halogens is 2. The molecule has 70 valence electrons. The lowest BCUT2D eigenvalue weighted by molar-refractivity contribution is 0.426. The number of benzene rings is 1. The first kappa shape index (κ1) is 11.1. The third kappa shape index (κ3) is 2.26. The second kappa shape index (κ2) is 4.46. The highest BCUT2D eigenvalue weighted by molar-refractivity contribution is 9.10. The van der Waals surface area contributed by atoms with Crippen LogP contribution in [0.5, 0.6) is 0 Å². The lowest BCUT2D eigenvalue weighted by Gasteiger charge is -2.09. The van der Waals surface area contributed by atoms with Gasteiger partial charge < -0.3 is 10.0 Å². The largest absolute Gasteiger partial charge is 0.489 e. The van der Waals surface area contributed by atoms with E-state index in [1.54, 1.807) is 12.1 Å². The SMILES string of the molecule is CCc1c(Br)ccc(B(O)O)c1Cl. The van der Waals surface area contributed by atoms with Crippen LogP contribution < -0.4 is 5.46 Å². The molecule has 0 aliphatic carbocycles. The summed E-state index contributed by atoms with van der Waals surface area (Å²) < 4.78 is 0.893. The van der Waals surface area contributed by atoms with Gasteiger partial charge in [-0.2, -0.15) is 0 Å². The summed E-state index contributed by atoms with van der Waals surface area (Å²) >= 11 is 9.30. The average molecular weight is 263 g/mol. The Morgan fingerprint density at radius 1 is 1.46 bits per heavy atom. The van der Waals surface area contributed by atoms with E-state index in [0.29, 0.717) is 10.5 Å².